The number of thioether (sulfide) groups is 1. The minimum Gasteiger partial charge on any atom is -0.329 e. The summed E-state index contributed by atoms with van der Waals surface area (Å²) in [6, 6.07) is 6.40. The second kappa shape index (κ2) is 6.21. The summed E-state index contributed by atoms with van der Waals surface area (Å²) < 4.78 is 2.08. The van der Waals surface area contributed by atoms with Crippen LogP contribution in [-0.2, 0) is 12.3 Å². The summed E-state index contributed by atoms with van der Waals surface area (Å²) in [6.07, 6.45) is 0. The van der Waals surface area contributed by atoms with E-state index in [2.05, 4.69) is 46.8 Å². The van der Waals surface area contributed by atoms with Gasteiger partial charge in [0.1, 0.15) is 5.82 Å². The van der Waals surface area contributed by atoms with E-state index in [4.69, 9.17) is 5.73 Å². The third-order valence-electron chi connectivity index (χ3n) is 3.24. The van der Waals surface area contributed by atoms with Gasteiger partial charge in [-0.15, -0.1) is 10.2 Å². The van der Waals surface area contributed by atoms with Crippen molar-refractivity contribution in [3.63, 3.8) is 0 Å². The largest absolute Gasteiger partial charge is 0.329 e. The van der Waals surface area contributed by atoms with Crippen LogP contribution in [0, 0.1) is 20.8 Å². The minimum absolute atomic E-state index is 0.607. The van der Waals surface area contributed by atoms with Crippen LogP contribution in [0.1, 0.15) is 22.5 Å². The van der Waals surface area contributed by atoms with Crippen LogP contribution in [0.2, 0.25) is 0 Å². The van der Waals surface area contributed by atoms with E-state index in [0.29, 0.717) is 6.54 Å². The zero-order chi connectivity index (χ0) is 13.8. The molecule has 0 amide bonds. The maximum absolute atomic E-state index is 5.63. The first-order chi connectivity index (χ1) is 9.13. The van der Waals surface area contributed by atoms with Crippen molar-refractivity contribution in [1.29, 1.82) is 0 Å². The van der Waals surface area contributed by atoms with Crippen molar-refractivity contribution in [2.75, 3.05) is 6.54 Å². The Labute approximate surface area is 118 Å². The summed E-state index contributed by atoms with van der Waals surface area (Å²) in [4.78, 5) is 0. The Hall–Kier alpha value is -1.33. The number of hydrogen-bond donors (Lipinski definition) is 1. The van der Waals surface area contributed by atoms with Gasteiger partial charge in [0, 0.05) is 18.8 Å². The Morgan fingerprint density at radius 2 is 1.84 bits per heavy atom. The Morgan fingerprint density at radius 1 is 1.16 bits per heavy atom. The molecule has 5 heteroatoms. The molecule has 102 valence electrons. The molecular formula is C14H20N4S. The number of hydrogen-bond acceptors (Lipinski definition) is 4. The average Bonchev–Trinajstić information content (AvgIpc) is 2.71. The molecule has 0 saturated carbocycles. The summed E-state index contributed by atoms with van der Waals surface area (Å²) in [5.74, 6) is 1.84. The molecule has 0 unspecified atom stereocenters. The second-order valence-corrected chi connectivity index (χ2v) is 5.57. The molecule has 1 aromatic carbocycles. The van der Waals surface area contributed by atoms with E-state index in [-0.39, 0.29) is 0 Å². The summed E-state index contributed by atoms with van der Waals surface area (Å²) in [7, 11) is 0. The van der Waals surface area contributed by atoms with Crippen LogP contribution in [0.3, 0.4) is 0 Å². The number of rotatable bonds is 5. The monoisotopic (exact) mass is 276 g/mol. The van der Waals surface area contributed by atoms with Crippen LogP contribution in [0.15, 0.2) is 23.4 Å². The Bertz CT molecular complexity index is 542. The van der Waals surface area contributed by atoms with Crippen LogP contribution in [0.25, 0.3) is 0 Å². The molecule has 0 saturated heterocycles. The highest BCUT2D eigenvalue weighted by molar-refractivity contribution is 7.98. The lowest BCUT2D eigenvalue weighted by molar-refractivity contribution is 0.627. The van der Waals surface area contributed by atoms with Crippen molar-refractivity contribution in [1.82, 2.24) is 14.8 Å². The molecule has 2 N–H and O–H groups in total. The molecule has 0 fully saturated rings. The third kappa shape index (κ3) is 3.16. The van der Waals surface area contributed by atoms with Crippen molar-refractivity contribution in [3.8, 4) is 0 Å². The highest BCUT2D eigenvalue weighted by Gasteiger charge is 2.10. The fourth-order valence-corrected chi connectivity index (χ4v) is 3.27. The zero-order valence-corrected chi connectivity index (χ0v) is 12.5. The molecule has 0 spiro atoms. The fraction of sp³-hybridized carbons (Fsp3) is 0.429. The number of aromatic nitrogens is 3. The highest BCUT2D eigenvalue weighted by Crippen LogP contribution is 2.25. The molecule has 0 atom stereocenters. The van der Waals surface area contributed by atoms with Crippen LogP contribution in [0.5, 0.6) is 0 Å². The van der Waals surface area contributed by atoms with E-state index in [1.54, 1.807) is 11.8 Å². The molecule has 4 nitrogen and oxygen atoms in total. The SMILES string of the molecule is Cc1cccc(C)c1CSc1nnc(C)n1CCN. The van der Waals surface area contributed by atoms with Gasteiger partial charge in [0.25, 0.3) is 0 Å². The van der Waals surface area contributed by atoms with E-state index in [1.165, 1.54) is 16.7 Å². The number of nitrogens with zero attached hydrogens (tertiary/aromatic N) is 3. The average molecular weight is 276 g/mol. The normalized spacial score (nSPS) is 10.9. The predicted molar refractivity (Wildman–Crippen MR) is 79.3 cm³/mol. The van der Waals surface area contributed by atoms with Crippen molar-refractivity contribution in [2.24, 2.45) is 5.73 Å². The molecule has 0 bridgehead atoms. The molecule has 0 radical (unpaired) electrons. The summed E-state index contributed by atoms with van der Waals surface area (Å²) in [5, 5.41) is 9.31. The lowest BCUT2D eigenvalue weighted by atomic mass is 10.1. The Morgan fingerprint density at radius 3 is 2.47 bits per heavy atom. The van der Waals surface area contributed by atoms with Crippen molar-refractivity contribution < 1.29 is 0 Å². The van der Waals surface area contributed by atoms with E-state index in [9.17, 15) is 0 Å². The Kier molecular flexibility index (Phi) is 4.61. The molecule has 2 aromatic rings. The van der Waals surface area contributed by atoms with Gasteiger partial charge in [0.2, 0.25) is 0 Å². The van der Waals surface area contributed by atoms with E-state index < -0.39 is 0 Å². The second-order valence-electron chi connectivity index (χ2n) is 4.63. The van der Waals surface area contributed by atoms with Crippen molar-refractivity contribution in [3.05, 3.63) is 40.7 Å². The van der Waals surface area contributed by atoms with Gasteiger partial charge < -0.3 is 10.3 Å². The lowest BCUT2D eigenvalue weighted by Gasteiger charge is -2.10. The standard InChI is InChI=1S/C14H20N4S/c1-10-5-4-6-11(2)13(10)9-19-14-17-16-12(3)18(14)8-7-15/h4-6H,7-9,15H2,1-3H3. The van der Waals surface area contributed by atoms with Crippen LogP contribution < -0.4 is 5.73 Å². The molecule has 1 heterocycles. The lowest BCUT2D eigenvalue weighted by Crippen LogP contribution is -2.12. The highest BCUT2D eigenvalue weighted by atomic mass is 32.2. The summed E-state index contributed by atoms with van der Waals surface area (Å²) >= 11 is 1.72. The van der Waals surface area contributed by atoms with Gasteiger partial charge in [-0.2, -0.15) is 0 Å². The molecule has 0 aliphatic heterocycles. The first-order valence-electron chi connectivity index (χ1n) is 6.41. The van der Waals surface area contributed by atoms with Crippen molar-refractivity contribution >= 4 is 11.8 Å². The van der Waals surface area contributed by atoms with Gasteiger partial charge in [0.05, 0.1) is 0 Å². The molecule has 0 aliphatic rings. The van der Waals surface area contributed by atoms with Gasteiger partial charge in [-0.3, -0.25) is 0 Å². The fourth-order valence-electron chi connectivity index (χ4n) is 2.07. The topological polar surface area (TPSA) is 56.7 Å². The first kappa shape index (κ1) is 14.1. The smallest absolute Gasteiger partial charge is 0.191 e. The predicted octanol–water partition coefficient (Wildman–Crippen LogP) is 2.45. The van der Waals surface area contributed by atoms with Gasteiger partial charge in [-0.1, -0.05) is 30.0 Å². The van der Waals surface area contributed by atoms with Gasteiger partial charge in [-0.25, -0.2) is 0 Å². The summed E-state index contributed by atoms with van der Waals surface area (Å²) in [6.45, 7) is 7.65. The number of nitrogens with two attached hydrogens (primary N) is 1. The van der Waals surface area contributed by atoms with E-state index >= 15 is 0 Å². The third-order valence-corrected chi connectivity index (χ3v) is 4.24. The van der Waals surface area contributed by atoms with Crippen molar-refractivity contribution in [2.45, 2.75) is 38.2 Å². The van der Waals surface area contributed by atoms with E-state index in [1.807, 2.05) is 6.92 Å². The quantitative estimate of drug-likeness (QED) is 0.852. The van der Waals surface area contributed by atoms with Gasteiger partial charge in [-0.05, 0) is 37.5 Å². The van der Waals surface area contributed by atoms with E-state index in [0.717, 1.165) is 23.3 Å². The molecule has 19 heavy (non-hydrogen) atoms. The molecule has 1 aromatic heterocycles. The Balaban J connectivity index is 2.15. The van der Waals surface area contributed by atoms with Crippen LogP contribution >= 0.6 is 11.8 Å². The molecule has 2 rings (SSSR count). The number of aryl methyl sites for hydroxylation is 3. The van der Waals surface area contributed by atoms with Gasteiger partial charge in [0.15, 0.2) is 5.16 Å². The van der Waals surface area contributed by atoms with Gasteiger partial charge >= 0.3 is 0 Å². The first-order valence-corrected chi connectivity index (χ1v) is 7.39. The maximum Gasteiger partial charge on any atom is 0.191 e. The number of benzene rings is 1. The minimum atomic E-state index is 0.607. The van der Waals surface area contributed by atoms with Crippen LogP contribution in [-0.4, -0.2) is 21.3 Å². The molecule has 0 aliphatic carbocycles. The maximum atomic E-state index is 5.63. The summed E-state index contributed by atoms with van der Waals surface area (Å²) in [5.41, 5.74) is 9.67. The molecular weight excluding hydrogens is 256 g/mol. The zero-order valence-electron chi connectivity index (χ0n) is 11.7. The van der Waals surface area contributed by atoms with Crippen LogP contribution in [0.4, 0.5) is 0 Å².